The second kappa shape index (κ2) is 10.1. The molecule has 0 heterocycles. The number of methoxy groups -OCH3 is 1. The van der Waals surface area contributed by atoms with E-state index in [2.05, 4.69) is 5.32 Å². The highest BCUT2D eigenvalue weighted by molar-refractivity contribution is 6.30. The van der Waals surface area contributed by atoms with Crippen LogP contribution >= 0.6 is 11.6 Å². The average Bonchev–Trinajstić information content (AvgIpc) is 2.61. The van der Waals surface area contributed by atoms with Gasteiger partial charge in [0.05, 0.1) is 13.7 Å². The number of likely N-dealkylation sites (N-methyl/N-ethyl adjacent to an activating group) is 1. The summed E-state index contributed by atoms with van der Waals surface area (Å²) < 4.78 is 18.7. The van der Waals surface area contributed by atoms with Gasteiger partial charge in [0.1, 0.15) is 6.54 Å². The molecule has 2 aromatic carbocycles. The molecule has 0 spiro atoms. The van der Waals surface area contributed by atoms with E-state index in [1.165, 1.54) is 13.2 Å². The van der Waals surface area contributed by atoms with Crippen molar-refractivity contribution in [1.29, 1.82) is 0 Å². The number of hydrogen-bond acceptors (Lipinski definition) is 2. The molecule has 2 N–H and O–H groups in total. The highest BCUT2D eigenvalue weighted by Gasteiger charge is 2.14. The number of hydrogen-bond donors (Lipinski definition) is 2. The molecule has 0 saturated carbocycles. The summed E-state index contributed by atoms with van der Waals surface area (Å²) in [6, 6.07) is 12.5. The molecule has 1 atom stereocenters. The third-order valence-electron chi connectivity index (χ3n) is 4.21. The third-order valence-corrected chi connectivity index (χ3v) is 4.44. The van der Waals surface area contributed by atoms with Gasteiger partial charge in [-0.2, -0.15) is 0 Å². The molecule has 0 radical (unpaired) electrons. The Hall–Kier alpha value is -2.11. The number of benzene rings is 2. The molecule has 2 aromatic rings. The maximum absolute atomic E-state index is 13.8. The molecule has 6 heteroatoms. The van der Waals surface area contributed by atoms with Crippen molar-refractivity contribution in [2.24, 2.45) is 0 Å². The molecule has 2 rings (SSSR count). The molecule has 1 amide bonds. The van der Waals surface area contributed by atoms with E-state index in [-0.39, 0.29) is 17.5 Å². The van der Waals surface area contributed by atoms with Crippen molar-refractivity contribution in [2.45, 2.75) is 19.9 Å². The van der Waals surface area contributed by atoms with Crippen LogP contribution in [-0.4, -0.2) is 32.7 Å². The Balaban J connectivity index is 1.81. The number of rotatable bonds is 9. The summed E-state index contributed by atoms with van der Waals surface area (Å²) in [5, 5.41) is 3.63. The second-order valence-corrected chi connectivity index (χ2v) is 6.59. The van der Waals surface area contributed by atoms with Crippen LogP contribution in [0.2, 0.25) is 5.02 Å². The van der Waals surface area contributed by atoms with Crippen LogP contribution in [0.25, 0.3) is 0 Å². The topological polar surface area (TPSA) is 42.8 Å². The molecule has 1 unspecified atom stereocenters. The summed E-state index contributed by atoms with van der Waals surface area (Å²) in [7, 11) is 1.44. The van der Waals surface area contributed by atoms with Crippen LogP contribution in [0.1, 0.15) is 18.1 Å². The van der Waals surface area contributed by atoms with Crippen LogP contribution in [0.4, 0.5) is 4.39 Å². The Morgan fingerprint density at radius 1 is 1.23 bits per heavy atom. The van der Waals surface area contributed by atoms with Crippen LogP contribution in [0.5, 0.6) is 5.75 Å². The van der Waals surface area contributed by atoms with Crippen molar-refractivity contribution in [2.75, 3.05) is 26.7 Å². The fraction of sp³-hybridized carbons (Fsp3) is 0.350. The van der Waals surface area contributed by atoms with Gasteiger partial charge in [0.15, 0.2) is 18.1 Å². The zero-order valence-electron chi connectivity index (χ0n) is 15.1. The van der Waals surface area contributed by atoms with Gasteiger partial charge in [-0.1, -0.05) is 23.7 Å². The van der Waals surface area contributed by atoms with E-state index < -0.39 is 0 Å². The summed E-state index contributed by atoms with van der Waals surface area (Å²) >= 11 is 5.96. The standard InChI is InChI=1S/C20H24ClFN2O2/c1-3-24(13-16-7-8-19(26-2)18(22)12-16)14-20(25)23-10-9-15-5-4-6-17(21)11-15/h4-8,11-12H,3,9-10,13-14H2,1-2H3,(H,23,25)/p+1. The van der Waals surface area contributed by atoms with E-state index in [0.29, 0.717) is 24.7 Å². The number of carbonyl (C=O) groups is 1. The molecule has 0 bridgehead atoms. The van der Waals surface area contributed by atoms with Gasteiger partial charge in [0.25, 0.3) is 5.91 Å². The van der Waals surface area contributed by atoms with Gasteiger partial charge in [-0.05, 0) is 49.2 Å². The van der Waals surface area contributed by atoms with Gasteiger partial charge in [0.2, 0.25) is 0 Å². The first kappa shape index (κ1) is 20.2. The number of halogens is 2. The normalized spacial score (nSPS) is 11.8. The van der Waals surface area contributed by atoms with Crippen LogP contribution in [0.3, 0.4) is 0 Å². The van der Waals surface area contributed by atoms with Crippen molar-refractivity contribution >= 4 is 17.5 Å². The van der Waals surface area contributed by atoms with Gasteiger partial charge >= 0.3 is 0 Å². The molecule has 0 aliphatic rings. The van der Waals surface area contributed by atoms with Crippen LogP contribution < -0.4 is 15.0 Å². The molecule has 140 valence electrons. The minimum atomic E-state index is -0.383. The molecule has 26 heavy (non-hydrogen) atoms. The Kier molecular flexibility index (Phi) is 7.88. The van der Waals surface area contributed by atoms with E-state index >= 15 is 0 Å². The summed E-state index contributed by atoms with van der Waals surface area (Å²) in [5.74, 6) is -0.171. The molecule has 0 fully saturated rings. The molecule has 0 saturated heterocycles. The van der Waals surface area contributed by atoms with Gasteiger partial charge < -0.3 is 15.0 Å². The minimum absolute atomic E-state index is 0.0159. The van der Waals surface area contributed by atoms with Crippen LogP contribution in [0.15, 0.2) is 42.5 Å². The SMILES string of the molecule is CC[NH+](CC(=O)NCCc1cccc(Cl)c1)Cc1ccc(OC)c(F)c1. The summed E-state index contributed by atoms with van der Waals surface area (Å²) in [6.45, 7) is 4.27. The molecule has 4 nitrogen and oxygen atoms in total. The van der Waals surface area contributed by atoms with Crippen LogP contribution in [-0.2, 0) is 17.8 Å². The minimum Gasteiger partial charge on any atom is -0.494 e. The largest absolute Gasteiger partial charge is 0.494 e. The van der Waals surface area contributed by atoms with Crippen molar-refractivity contribution in [3.05, 3.63) is 64.4 Å². The maximum atomic E-state index is 13.8. The van der Waals surface area contributed by atoms with Gasteiger partial charge in [-0.3, -0.25) is 4.79 Å². The third kappa shape index (κ3) is 6.32. The summed E-state index contributed by atoms with van der Waals surface area (Å²) in [4.78, 5) is 13.2. The highest BCUT2D eigenvalue weighted by Crippen LogP contribution is 2.17. The van der Waals surface area contributed by atoms with Gasteiger partial charge in [-0.15, -0.1) is 0 Å². The van der Waals surface area contributed by atoms with E-state index in [0.717, 1.165) is 29.0 Å². The van der Waals surface area contributed by atoms with Crippen molar-refractivity contribution < 1.29 is 18.8 Å². The Morgan fingerprint density at radius 2 is 2.04 bits per heavy atom. The number of carbonyl (C=O) groups excluding carboxylic acids is 1. The molecular formula is C20H25ClFN2O2+. The fourth-order valence-electron chi connectivity index (χ4n) is 2.75. The van der Waals surface area contributed by atoms with Gasteiger partial charge in [-0.25, -0.2) is 4.39 Å². The number of quaternary nitrogens is 1. The van der Waals surface area contributed by atoms with Crippen molar-refractivity contribution in [3.8, 4) is 5.75 Å². The molecule has 0 aliphatic carbocycles. The fourth-order valence-corrected chi connectivity index (χ4v) is 2.96. The molecule has 0 aliphatic heterocycles. The number of amides is 1. The maximum Gasteiger partial charge on any atom is 0.275 e. The second-order valence-electron chi connectivity index (χ2n) is 6.16. The predicted octanol–water partition coefficient (Wildman–Crippen LogP) is 2.25. The lowest BCUT2D eigenvalue weighted by molar-refractivity contribution is -0.904. The first-order chi connectivity index (χ1) is 12.5. The van der Waals surface area contributed by atoms with E-state index in [4.69, 9.17) is 16.3 Å². The van der Waals surface area contributed by atoms with Crippen LogP contribution in [0, 0.1) is 5.82 Å². The Bertz CT molecular complexity index is 740. The van der Waals surface area contributed by atoms with Crippen molar-refractivity contribution in [3.63, 3.8) is 0 Å². The zero-order chi connectivity index (χ0) is 18.9. The first-order valence-electron chi connectivity index (χ1n) is 8.69. The zero-order valence-corrected chi connectivity index (χ0v) is 15.9. The lowest BCUT2D eigenvalue weighted by Crippen LogP contribution is -3.11. The highest BCUT2D eigenvalue weighted by atomic mass is 35.5. The lowest BCUT2D eigenvalue weighted by atomic mass is 10.1. The van der Waals surface area contributed by atoms with E-state index in [9.17, 15) is 9.18 Å². The first-order valence-corrected chi connectivity index (χ1v) is 9.06. The average molecular weight is 380 g/mol. The predicted molar refractivity (Wildman–Crippen MR) is 101 cm³/mol. The Labute approximate surface area is 158 Å². The smallest absolute Gasteiger partial charge is 0.275 e. The number of nitrogens with one attached hydrogen (secondary N) is 2. The number of ether oxygens (including phenoxy) is 1. The van der Waals surface area contributed by atoms with Crippen molar-refractivity contribution in [1.82, 2.24) is 5.32 Å². The van der Waals surface area contributed by atoms with E-state index in [1.807, 2.05) is 37.3 Å². The quantitative estimate of drug-likeness (QED) is 0.701. The lowest BCUT2D eigenvalue weighted by Gasteiger charge is -2.17. The van der Waals surface area contributed by atoms with E-state index in [1.54, 1.807) is 6.07 Å². The summed E-state index contributed by atoms with van der Waals surface area (Å²) in [5.41, 5.74) is 1.93. The van der Waals surface area contributed by atoms with Gasteiger partial charge in [0, 0.05) is 17.1 Å². The summed E-state index contributed by atoms with van der Waals surface area (Å²) in [6.07, 6.45) is 0.734. The monoisotopic (exact) mass is 379 g/mol. The Morgan fingerprint density at radius 3 is 2.69 bits per heavy atom. The molecule has 0 aromatic heterocycles. The molecular weight excluding hydrogens is 355 g/mol.